The highest BCUT2D eigenvalue weighted by atomic mass is 32.1. The number of nitrogens with one attached hydrogen (secondary N) is 2. The Morgan fingerprint density at radius 2 is 2.32 bits per heavy atom. The van der Waals surface area contributed by atoms with Crippen LogP contribution in [0, 0.1) is 6.92 Å². The largest absolute Gasteiger partial charge is 0.395 e. The smallest absolute Gasteiger partial charge is 0.274 e. The molecule has 0 spiro atoms. The molecule has 0 unspecified atom stereocenters. The first-order chi connectivity index (χ1) is 9.13. The fourth-order valence-electron chi connectivity index (χ4n) is 1.83. The van der Waals surface area contributed by atoms with Crippen molar-refractivity contribution < 1.29 is 4.79 Å². The number of aromatic nitrogens is 2. The molecule has 0 saturated heterocycles. The van der Waals surface area contributed by atoms with Crippen LogP contribution in [-0.2, 0) is 13.0 Å². The number of anilines is 1. The third kappa shape index (κ3) is 2.96. The second-order valence-electron chi connectivity index (χ2n) is 4.48. The first-order valence-corrected chi connectivity index (χ1v) is 7.20. The van der Waals surface area contributed by atoms with Gasteiger partial charge in [0.25, 0.3) is 5.91 Å². The van der Waals surface area contributed by atoms with Gasteiger partial charge in [0.2, 0.25) is 0 Å². The molecule has 0 aliphatic rings. The van der Waals surface area contributed by atoms with Gasteiger partial charge in [-0.1, -0.05) is 13.3 Å². The summed E-state index contributed by atoms with van der Waals surface area (Å²) in [6.07, 6.45) is 1.76. The molecule has 5 nitrogen and oxygen atoms in total. The standard InChI is InChI=1S/C13H18N4OS/c1-3-4-10-11(14)12(17-16-10)13(18)15-5-9-7-19-6-8(9)2/h6-7H,3-5,14H2,1-2H3,(H,15,18)(H,16,17). The van der Waals surface area contributed by atoms with Crippen molar-refractivity contribution in [1.82, 2.24) is 15.5 Å². The number of rotatable bonds is 5. The van der Waals surface area contributed by atoms with Crippen LogP contribution in [0.2, 0.25) is 0 Å². The molecule has 0 fully saturated rings. The van der Waals surface area contributed by atoms with Gasteiger partial charge in [0.05, 0.1) is 11.4 Å². The van der Waals surface area contributed by atoms with E-state index in [2.05, 4.69) is 27.8 Å². The SMILES string of the molecule is CCCc1[nH]nc(C(=O)NCc2cscc2C)c1N. The molecule has 0 aliphatic heterocycles. The molecule has 4 N–H and O–H groups in total. The molecule has 2 aromatic rings. The highest BCUT2D eigenvalue weighted by Gasteiger charge is 2.16. The molecule has 0 bridgehead atoms. The summed E-state index contributed by atoms with van der Waals surface area (Å²) in [5, 5.41) is 13.8. The summed E-state index contributed by atoms with van der Waals surface area (Å²) in [6, 6.07) is 0. The van der Waals surface area contributed by atoms with Crippen LogP contribution in [0.15, 0.2) is 10.8 Å². The molecule has 0 saturated carbocycles. The van der Waals surface area contributed by atoms with Gasteiger partial charge < -0.3 is 11.1 Å². The predicted octanol–water partition coefficient (Wildman–Crippen LogP) is 2.24. The Morgan fingerprint density at radius 1 is 1.53 bits per heavy atom. The minimum absolute atomic E-state index is 0.235. The Balaban J connectivity index is 2.02. The summed E-state index contributed by atoms with van der Waals surface area (Å²) in [6.45, 7) is 4.59. The Hall–Kier alpha value is -1.82. The number of hydrogen-bond donors (Lipinski definition) is 3. The minimum Gasteiger partial charge on any atom is -0.395 e. The summed E-state index contributed by atoms with van der Waals surface area (Å²) in [5.74, 6) is -0.235. The third-order valence-corrected chi connectivity index (χ3v) is 3.91. The number of aryl methyl sites for hydroxylation is 2. The molecule has 0 atom stereocenters. The van der Waals surface area contributed by atoms with E-state index in [1.54, 1.807) is 11.3 Å². The van der Waals surface area contributed by atoms with Crippen LogP contribution in [-0.4, -0.2) is 16.1 Å². The van der Waals surface area contributed by atoms with Gasteiger partial charge in [0, 0.05) is 6.54 Å². The van der Waals surface area contributed by atoms with E-state index in [4.69, 9.17) is 5.73 Å². The number of carbonyl (C=O) groups excluding carboxylic acids is 1. The fraction of sp³-hybridized carbons (Fsp3) is 0.385. The molecule has 2 heterocycles. The van der Waals surface area contributed by atoms with Crippen LogP contribution in [0.1, 0.15) is 40.7 Å². The van der Waals surface area contributed by atoms with E-state index in [9.17, 15) is 4.79 Å². The molecule has 2 aromatic heterocycles. The zero-order chi connectivity index (χ0) is 13.8. The maximum Gasteiger partial charge on any atom is 0.274 e. The average molecular weight is 278 g/mol. The highest BCUT2D eigenvalue weighted by Crippen LogP contribution is 2.16. The van der Waals surface area contributed by atoms with Crippen LogP contribution < -0.4 is 11.1 Å². The number of H-pyrrole nitrogens is 1. The average Bonchev–Trinajstić information content (AvgIpc) is 2.95. The van der Waals surface area contributed by atoms with Crippen molar-refractivity contribution in [2.45, 2.75) is 33.2 Å². The maximum absolute atomic E-state index is 12.0. The van der Waals surface area contributed by atoms with Crippen LogP contribution in [0.25, 0.3) is 0 Å². The van der Waals surface area contributed by atoms with E-state index in [1.807, 2.05) is 12.3 Å². The van der Waals surface area contributed by atoms with Gasteiger partial charge in [-0.15, -0.1) is 0 Å². The van der Waals surface area contributed by atoms with Crippen molar-refractivity contribution in [3.05, 3.63) is 33.3 Å². The number of carbonyl (C=O) groups is 1. The molecule has 2 rings (SSSR count). The monoisotopic (exact) mass is 278 g/mol. The van der Waals surface area contributed by atoms with Crippen LogP contribution in [0.5, 0.6) is 0 Å². The van der Waals surface area contributed by atoms with Crippen molar-refractivity contribution in [2.75, 3.05) is 5.73 Å². The molecular formula is C13H18N4OS. The lowest BCUT2D eigenvalue weighted by molar-refractivity contribution is 0.0947. The zero-order valence-electron chi connectivity index (χ0n) is 11.1. The molecule has 0 aliphatic carbocycles. The number of hydrogen-bond acceptors (Lipinski definition) is 4. The zero-order valence-corrected chi connectivity index (χ0v) is 11.9. The Kier molecular flexibility index (Phi) is 4.21. The molecule has 102 valence electrons. The maximum atomic E-state index is 12.0. The van der Waals surface area contributed by atoms with Gasteiger partial charge in [-0.2, -0.15) is 16.4 Å². The normalized spacial score (nSPS) is 10.6. The minimum atomic E-state index is -0.235. The molecule has 0 radical (unpaired) electrons. The molecule has 6 heteroatoms. The number of nitrogens with zero attached hydrogens (tertiary/aromatic N) is 1. The summed E-state index contributed by atoms with van der Waals surface area (Å²) in [5.41, 5.74) is 9.81. The van der Waals surface area contributed by atoms with Crippen molar-refractivity contribution in [1.29, 1.82) is 0 Å². The Labute approximate surface area is 116 Å². The first-order valence-electron chi connectivity index (χ1n) is 6.26. The van der Waals surface area contributed by atoms with Gasteiger partial charge in [-0.3, -0.25) is 9.89 Å². The second kappa shape index (κ2) is 5.88. The summed E-state index contributed by atoms with van der Waals surface area (Å²) >= 11 is 1.63. The Bertz CT molecular complexity index is 573. The lowest BCUT2D eigenvalue weighted by Gasteiger charge is -2.03. The molecule has 0 aromatic carbocycles. The van der Waals surface area contributed by atoms with Crippen LogP contribution >= 0.6 is 11.3 Å². The summed E-state index contributed by atoms with van der Waals surface area (Å²) in [7, 11) is 0. The van der Waals surface area contributed by atoms with E-state index >= 15 is 0 Å². The van der Waals surface area contributed by atoms with Crippen molar-refractivity contribution in [2.24, 2.45) is 0 Å². The Morgan fingerprint density at radius 3 is 2.95 bits per heavy atom. The third-order valence-electron chi connectivity index (χ3n) is 3.00. The van der Waals surface area contributed by atoms with Gasteiger partial charge in [-0.25, -0.2) is 0 Å². The lowest BCUT2D eigenvalue weighted by atomic mass is 10.2. The van der Waals surface area contributed by atoms with E-state index in [0.29, 0.717) is 12.2 Å². The van der Waals surface area contributed by atoms with Crippen molar-refractivity contribution in [3.8, 4) is 0 Å². The van der Waals surface area contributed by atoms with Gasteiger partial charge >= 0.3 is 0 Å². The van der Waals surface area contributed by atoms with Crippen molar-refractivity contribution in [3.63, 3.8) is 0 Å². The topological polar surface area (TPSA) is 83.8 Å². The van der Waals surface area contributed by atoms with E-state index in [1.165, 1.54) is 5.56 Å². The van der Waals surface area contributed by atoms with E-state index in [0.717, 1.165) is 24.1 Å². The van der Waals surface area contributed by atoms with E-state index in [-0.39, 0.29) is 11.6 Å². The predicted molar refractivity (Wildman–Crippen MR) is 77.2 cm³/mol. The first kappa shape index (κ1) is 13.6. The molecule has 19 heavy (non-hydrogen) atoms. The van der Waals surface area contributed by atoms with Gasteiger partial charge in [-0.05, 0) is 35.2 Å². The molecular weight excluding hydrogens is 260 g/mol. The quantitative estimate of drug-likeness (QED) is 0.784. The van der Waals surface area contributed by atoms with Crippen LogP contribution in [0.4, 0.5) is 5.69 Å². The van der Waals surface area contributed by atoms with Crippen molar-refractivity contribution >= 4 is 22.9 Å². The number of aromatic amines is 1. The lowest BCUT2D eigenvalue weighted by Crippen LogP contribution is -2.24. The second-order valence-corrected chi connectivity index (χ2v) is 5.22. The highest BCUT2D eigenvalue weighted by molar-refractivity contribution is 7.08. The number of thiophene rings is 1. The molecule has 1 amide bonds. The van der Waals surface area contributed by atoms with E-state index < -0.39 is 0 Å². The van der Waals surface area contributed by atoms with Crippen LogP contribution in [0.3, 0.4) is 0 Å². The van der Waals surface area contributed by atoms with Gasteiger partial charge in [0.1, 0.15) is 0 Å². The number of nitrogen functional groups attached to an aromatic ring is 1. The number of amides is 1. The number of nitrogens with two attached hydrogens (primary N) is 1. The summed E-state index contributed by atoms with van der Waals surface area (Å²) < 4.78 is 0. The van der Waals surface area contributed by atoms with Gasteiger partial charge in [0.15, 0.2) is 5.69 Å². The summed E-state index contributed by atoms with van der Waals surface area (Å²) in [4.78, 5) is 12.0. The fourth-order valence-corrected chi connectivity index (χ4v) is 2.68.